The summed E-state index contributed by atoms with van der Waals surface area (Å²) in [7, 11) is 0.917. The lowest BCUT2D eigenvalue weighted by Gasteiger charge is -2.20. The summed E-state index contributed by atoms with van der Waals surface area (Å²) in [5, 5.41) is 0. The predicted octanol–water partition coefficient (Wildman–Crippen LogP) is 4.10. The van der Waals surface area contributed by atoms with Crippen molar-refractivity contribution in [2.45, 2.75) is 26.2 Å². The summed E-state index contributed by atoms with van der Waals surface area (Å²) in [6, 6.07) is 14.2. The van der Waals surface area contributed by atoms with Crippen LogP contribution in [0.5, 0.6) is 0 Å². The van der Waals surface area contributed by atoms with E-state index in [2.05, 4.69) is 59.2 Å². The molecule has 0 saturated carbocycles. The van der Waals surface area contributed by atoms with Crippen molar-refractivity contribution in [3.8, 4) is 11.4 Å². The van der Waals surface area contributed by atoms with E-state index in [-0.39, 0.29) is 5.41 Å². The van der Waals surface area contributed by atoms with Gasteiger partial charge in [0.15, 0.2) is 0 Å². The molecule has 0 atom stereocenters. The maximum absolute atomic E-state index is 6.21. The van der Waals surface area contributed by atoms with Crippen LogP contribution in [0.4, 0.5) is 5.69 Å². The molecule has 0 aliphatic carbocycles. The molecular weight excluding hydrogens is 342 g/mol. The highest BCUT2D eigenvalue weighted by molar-refractivity contribution is 8.37. The number of fused-ring (bicyclic) bond motifs is 1. The van der Waals surface area contributed by atoms with E-state index in [1.807, 2.05) is 36.4 Å². The Labute approximate surface area is 149 Å². The Kier molecular flexibility index (Phi) is 5.62. The van der Waals surface area contributed by atoms with Crippen molar-refractivity contribution < 1.29 is 0 Å². The number of H-pyrrole nitrogens is 1. The summed E-state index contributed by atoms with van der Waals surface area (Å²) in [4.78, 5) is 7.92. The van der Waals surface area contributed by atoms with Crippen molar-refractivity contribution in [3.63, 3.8) is 0 Å². The second-order valence-corrected chi connectivity index (χ2v) is 7.99. The zero-order valence-corrected chi connectivity index (χ0v) is 15.7. The van der Waals surface area contributed by atoms with E-state index in [9.17, 15) is 0 Å². The normalized spacial score (nSPS) is 10.9. The third-order valence-corrected chi connectivity index (χ3v) is 3.56. The molecule has 1 heterocycles. The number of hydrogen-bond donors (Lipinski definition) is 2. The Hall–Kier alpha value is -1.63. The van der Waals surface area contributed by atoms with E-state index in [0.29, 0.717) is 0 Å². The zero-order valence-electron chi connectivity index (χ0n) is 13.3. The Morgan fingerprint density at radius 2 is 1.74 bits per heavy atom. The first-order chi connectivity index (χ1) is 10.9. The van der Waals surface area contributed by atoms with Gasteiger partial charge in [0.25, 0.3) is 0 Å². The molecule has 3 nitrogen and oxygen atoms in total. The average Bonchev–Trinajstić information content (AvgIpc) is 2.90. The van der Waals surface area contributed by atoms with Gasteiger partial charge in [0.1, 0.15) is 5.82 Å². The average molecular weight is 362 g/mol. The number of nitrogens with one attached hydrogen (secondary N) is 1. The molecule has 120 valence electrons. The Bertz CT molecular complexity index is 824. The largest absolute Gasteiger partial charge is 0.398 e. The van der Waals surface area contributed by atoms with Gasteiger partial charge in [-0.15, -0.1) is 0 Å². The van der Waals surface area contributed by atoms with E-state index in [4.69, 9.17) is 5.73 Å². The van der Waals surface area contributed by atoms with Crippen molar-refractivity contribution in [1.82, 2.24) is 9.97 Å². The van der Waals surface area contributed by atoms with E-state index in [1.165, 1.54) is 5.56 Å². The fourth-order valence-electron chi connectivity index (χ4n) is 2.33. The number of aromatic amines is 1. The number of anilines is 1. The fraction of sp³-hybridized carbons (Fsp3) is 0.235. The van der Waals surface area contributed by atoms with Gasteiger partial charge in [-0.3, -0.25) is 0 Å². The van der Waals surface area contributed by atoms with E-state index in [1.54, 1.807) is 0 Å². The molecular formula is C17H19N3S3. The highest BCUT2D eigenvalue weighted by Crippen LogP contribution is 2.30. The maximum Gasteiger partial charge on any atom is 0.140 e. The molecule has 0 fully saturated rings. The van der Waals surface area contributed by atoms with Gasteiger partial charge in [-0.1, -0.05) is 39.0 Å². The lowest BCUT2D eigenvalue weighted by Crippen LogP contribution is -2.11. The number of benzene rings is 2. The molecule has 6 heteroatoms. The molecule has 0 aliphatic rings. The van der Waals surface area contributed by atoms with Crippen LogP contribution in [0.3, 0.4) is 0 Å². The van der Waals surface area contributed by atoms with Gasteiger partial charge in [-0.05, 0) is 35.2 Å². The number of nitrogens with zero attached hydrogens (tertiary/aromatic N) is 1. The molecule has 0 radical (unpaired) electrons. The summed E-state index contributed by atoms with van der Waals surface area (Å²) in [5.41, 5.74) is 11.2. The van der Waals surface area contributed by atoms with Gasteiger partial charge < -0.3 is 10.7 Å². The number of rotatable bonds is 1. The van der Waals surface area contributed by atoms with Gasteiger partial charge in [0.05, 0.1) is 11.0 Å². The summed E-state index contributed by atoms with van der Waals surface area (Å²) in [5.74, 6) is 0.823. The first-order valence-corrected chi connectivity index (χ1v) is 9.80. The van der Waals surface area contributed by atoms with Crippen molar-refractivity contribution >= 4 is 48.0 Å². The van der Waals surface area contributed by atoms with Gasteiger partial charge in [-0.2, -0.15) is 0 Å². The van der Waals surface area contributed by atoms with Crippen molar-refractivity contribution in [3.05, 3.63) is 48.0 Å². The third-order valence-electron chi connectivity index (χ3n) is 3.56. The first-order valence-electron chi connectivity index (χ1n) is 7.13. The summed E-state index contributed by atoms with van der Waals surface area (Å²) >= 11 is 8.25. The lowest BCUT2D eigenvalue weighted by atomic mass is 9.86. The van der Waals surface area contributed by atoms with Crippen molar-refractivity contribution in [2.24, 2.45) is 0 Å². The van der Waals surface area contributed by atoms with Crippen LogP contribution in [0, 0.1) is 0 Å². The summed E-state index contributed by atoms with van der Waals surface area (Å²) < 4.78 is 0. The molecule has 23 heavy (non-hydrogen) atoms. The Morgan fingerprint density at radius 1 is 1.09 bits per heavy atom. The number of imidazole rings is 1. The molecule has 3 aromatic rings. The maximum atomic E-state index is 6.21. The van der Waals surface area contributed by atoms with Gasteiger partial charge >= 0.3 is 0 Å². The van der Waals surface area contributed by atoms with Crippen molar-refractivity contribution in [1.29, 1.82) is 0 Å². The van der Waals surface area contributed by atoms with Crippen LogP contribution in [0.15, 0.2) is 42.5 Å². The topological polar surface area (TPSA) is 54.7 Å². The van der Waals surface area contributed by atoms with Crippen LogP contribution in [0.1, 0.15) is 26.3 Å². The monoisotopic (exact) mass is 361 g/mol. The predicted molar refractivity (Wildman–Crippen MR) is 107 cm³/mol. The Morgan fingerprint density at radius 3 is 2.30 bits per heavy atom. The minimum Gasteiger partial charge on any atom is -0.398 e. The van der Waals surface area contributed by atoms with Crippen LogP contribution < -0.4 is 5.73 Å². The van der Waals surface area contributed by atoms with Gasteiger partial charge in [0, 0.05) is 42.5 Å². The zero-order chi connectivity index (χ0) is 17.0. The fourth-order valence-corrected chi connectivity index (χ4v) is 2.33. The highest BCUT2D eigenvalue weighted by atomic mass is 33.1. The molecule has 0 bridgehead atoms. The molecule has 2 aromatic carbocycles. The van der Waals surface area contributed by atoms with Crippen LogP contribution in [-0.2, 0) is 36.7 Å². The standard InChI is InChI=1S/C17H19N3.S3/c1-17(2,3)11-8-9-12(13(18)10-11)16-19-14-6-4-5-7-15(14)20-16;1-3-2/h4-10H,18H2,1-3H3,(H,19,20);. The number of para-hydroxylation sites is 2. The smallest absolute Gasteiger partial charge is 0.140 e. The molecule has 0 unspecified atom stereocenters. The van der Waals surface area contributed by atoms with Crippen LogP contribution in [-0.4, -0.2) is 9.97 Å². The minimum atomic E-state index is 0.0977. The minimum absolute atomic E-state index is 0.0977. The molecule has 0 spiro atoms. The third kappa shape index (κ3) is 4.22. The van der Waals surface area contributed by atoms with Gasteiger partial charge in [0.2, 0.25) is 0 Å². The van der Waals surface area contributed by atoms with Crippen molar-refractivity contribution in [2.75, 3.05) is 5.73 Å². The second-order valence-electron chi connectivity index (χ2n) is 6.22. The molecule has 0 amide bonds. The first kappa shape index (κ1) is 17.7. The number of nitrogen functional groups attached to an aromatic ring is 1. The van der Waals surface area contributed by atoms with E-state index < -0.39 is 0 Å². The second kappa shape index (κ2) is 7.29. The number of hydrogen-bond acceptors (Lipinski definition) is 4. The molecule has 3 N–H and O–H groups in total. The number of aromatic nitrogens is 2. The summed E-state index contributed by atoms with van der Waals surface area (Å²) in [6.07, 6.45) is 0. The molecule has 1 aromatic heterocycles. The van der Waals surface area contributed by atoms with E-state index in [0.717, 1.165) is 37.0 Å². The molecule has 0 aliphatic heterocycles. The summed E-state index contributed by atoms with van der Waals surface area (Å²) in [6.45, 7) is 6.55. The Balaban J connectivity index is 0.000000595. The van der Waals surface area contributed by atoms with Crippen LogP contribution >= 0.6 is 0 Å². The lowest BCUT2D eigenvalue weighted by molar-refractivity contribution is 0.590. The molecule has 0 saturated heterocycles. The van der Waals surface area contributed by atoms with Crippen LogP contribution in [0.2, 0.25) is 0 Å². The number of nitrogens with two attached hydrogens (primary N) is 1. The van der Waals surface area contributed by atoms with E-state index >= 15 is 0 Å². The molecule has 3 rings (SSSR count). The highest BCUT2D eigenvalue weighted by Gasteiger charge is 2.16. The SMILES string of the molecule is CC(C)(C)c1ccc(-c2nc3ccccc3[nH]2)c(N)c1.S=S=S. The van der Waals surface area contributed by atoms with Gasteiger partial charge in [-0.25, -0.2) is 4.98 Å². The van der Waals surface area contributed by atoms with Crippen LogP contribution in [0.25, 0.3) is 22.4 Å². The quantitative estimate of drug-likeness (QED) is 0.641.